The molecular weight excluding hydrogens is 236 g/mol. The smallest absolute Gasteiger partial charge is 0.0768 e. The molecule has 0 bridgehead atoms. The van der Waals surface area contributed by atoms with Crippen molar-refractivity contribution in [3.63, 3.8) is 0 Å². The second kappa shape index (κ2) is 7.05. The second-order valence-electron chi connectivity index (χ2n) is 6.54. The minimum Gasteiger partial charge on any atom is -0.389 e. The molecule has 0 aliphatic carbocycles. The van der Waals surface area contributed by atoms with Crippen LogP contribution in [0.2, 0.25) is 0 Å². The lowest BCUT2D eigenvalue weighted by Crippen LogP contribution is -2.43. The summed E-state index contributed by atoms with van der Waals surface area (Å²) in [6.45, 7) is 10.1. The van der Waals surface area contributed by atoms with Gasteiger partial charge in [0.2, 0.25) is 0 Å². The van der Waals surface area contributed by atoms with Crippen LogP contribution in [-0.2, 0) is 0 Å². The fourth-order valence-electron chi connectivity index (χ4n) is 3.66. The van der Waals surface area contributed by atoms with Crippen molar-refractivity contribution in [3.8, 4) is 0 Å². The van der Waals surface area contributed by atoms with E-state index in [0.29, 0.717) is 0 Å². The zero-order valence-electron chi connectivity index (χ0n) is 12.9. The molecule has 2 fully saturated rings. The van der Waals surface area contributed by atoms with E-state index in [-0.39, 0.29) is 0 Å². The van der Waals surface area contributed by atoms with E-state index in [1.807, 2.05) is 0 Å². The van der Waals surface area contributed by atoms with Crippen molar-refractivity contribution in [2.45, 2.75) is 70.4 Å². The normalized spacial score (nSPS) is 27.6. The average molecular weight is 268 g/mol. The Bertz CT molecular complexity index is 259. The van der Waals surface area contributed by atoms with Gasteiger partial charge in [-0.3, -0.25) is 0 Å². The lowest BCUT2D eigenvalue weighted by atomic mass is 9.97. The summed E-state index contributed by atoms with van der Waals surface area (Å²) < 4.78 is 0. The first kappa shape index (κ1) is 15.3. The van der Waals surface area contributed by atoms with Crippen LogP contribution in [0.25, 0.3) is 0 Å². The van der Waals surface area contributed by atoms with E-state index in [2.05, 4.69) is 23.6 Å². The van der Waals surface area contributed by atoms with Gasteiger partial charge in [-0.05, 0) is 71.1 Å². The summed E-state index contributed by atoms with van der Waals surface area (Å²) in [7, 11) is 0. The Morgan fingerprint density at radius 3 is 2.26 bits per heavy atom. The highest BCUT2D eigenvalue weighted by atomic mass is 16.3. The molecule has 1 N–H and O–H groups in total. The van der Waals surface area contributed by atoms with Crippen molar-refractivity contribution < 1.29 is 5.11 Å². The molecule has 0 amide bonds. The number of likely N-dealkylation sites (tertiary alicyclic amines) is 2. The van der Waals surface area contributed by atoms with E-state index in [9.17, 15) is 5.11 Å². The Morgan fingerprint density at radius 1 is 0.947 bits per heavy atom. The molecule has 0 aromatic rings. The molecule has 112 valence electrons. The zero-order valence-corrected chi connectivity index (χ0v) is 12.9. The maximum absolute atomic E-state index is 10.5. The predicted molar refractivity (Wildman–Crippen MR) is 80.4 cm³/mol. The number of aliphatic hydroxyl groups is 1. The summed E-state index contributed by atoms with van der Waals surface area (Å²) in [6, 6.07) is 0.809. The monoisotopic (exact) mass is 268 g/mol. The van der Waals surface area contributed by atoms with Crippen molar-refractivity contribution in [1.29, 1.82) is 0 Å². The lowest BCUT2D eigenvalue weighted by Gasteiger charge is -2.32. The number of rotatable bonds is 5. The first-order valence-corrected chi connectivity index (χ1v) is 8.35. The number of hydrogen-bond acceptors (Lipinski definition) is 3. The van der Waals surface area contributed by atoms with Crippen molar-refractivity contribution in [3.05, 3.63) is 0 Å². The molecule has 3 heteroatoms. The number of hydrogen-bond donors (Lipinski definition) is 1. The van der Waals surface area contributed by atoms with Crippen LogP contribution in [0.15, 0.2) is 0 Å². The third-order valence-electron chi connectivity index (χ3n) is 5.28. The van der Waals surface area contributed by atoms with Crippen LogP contribution in [0.5, 0.6) is 0 Å². The van der Waals surface area contributed by atoms with Crippen LogP contribution in [-0.4, -0.2) is 59.3 Å². The highest BCUT2D eigenvalue weighted by Crippen LogP contribution is 2.23. The quantitative estimate of drug-likeness (QED) is 0.830. The van der Waals surface area contributed by atoms with Gasteiger partial charge in [0.1, 0.15) is 0 Å². The summed E-state index contributed by atoms with van der Waals surface area (Å²) in [4.78, 5) is 5.21. The Balaban J connectivity index is 1.82. The van der Waals surface area contributed by atoms with Gasteiger partial charge in [0.05, 0.1) is 5.60 Å². The number of nitrogens with zero attached hydrogens (tertiary/aromatic N) is 2. The minimum atomic E-state index is -0.465. The van der Waals surface area contributed by atoms with Gasteiger partial charge < -0.3 is 14.9 Å². The lowest BCUT2D eigenvalue weighted by molar-refractivity contribution is -0.00292. The molecule has 1 unspecified atom stereocenters. The van der Waals surface area contributed by atoms with Gasteiger partial charge in [-0.25, -0.2) is 0 Å². The Labute approximate surface area is 119 Å². The average Bonchev–Trinajstić information content (AvgIpc) is 2.87. The van der Waals surface area contributed by atoms with Crippen LogP contribution < -0.4 is 0 Å². The van der Waals surface area contributed by atoms with Crippen LogP contribution >= 0.6 is 0 Å². The second-order valence-corrected chi connectivity index (χ2v) is 6.54. The Kier molecular flexibility index (Phi) is 5.67. The molecule has 0 radical (unpaired) electrons. The van der Waals surface area contributed by atoms with Gasteiger partial charge in [0.25, 0.3) is 0 Å². The van der Waals surface area contributed by atoms with Crippen LogP contribution in [0.3, 0.4) is 0 Å². The molecule has 19 heavy (non-hydrogen) atoms. The first-order valence-electron chi connectivity index (χ1n) is 8.35. The highest BCUT2D eigenvalue weighted by Gasteiger charge is 2.29. The van der Waals surface area contributed by atoms with Crippen LogP contribution in [0.4, 0.5) is 0 Å². The van der Waals surface area contributed by atoms with Gasteiger partial charge in [-0.2, -0.15) is 0 Å². The molecule has 3 nitrogen and oxygen atoms in total. The summed E-state index contributed by atoms with van der Waals surface area (Å²) >= 11 is 0. The van der Waals surface area contributed by atoms with Crippen LogP contribution in [0, 0.1) is 0 Å². The molecule has 2 rings (SSSR count). The van der Waals surface area contributed by atoms with Gasteiger partial charge in [-0.15, -0.1) is 0 Å². The van der Waals surface area contributed by atoms with Crippen molar-refractivity contribution in [2.75, 3.05) is 32.7 Å². The summed E-state index contributed by atoms with van der Waals surface area (Å²) in [5, 5.41) is 10.5. The molecular formula is C16H32N2O. The first-order chi connectivity index (χ1) is 9.17. The van der Waals surface area contributed by atoms with Gasteiger partial charge >= 0.3 is 0 Å². The largest absolute Gasteiger partial charge is 0.389 e. The molecule has 2 saturated heterocycles. The van der Waals surface area contributed by atoms with E-state index in [1.165, 1.54) is 58.3 Å². The highest BCUT2D eigenvalue weighted by molar-refractivity contribution is 4.84. The maximum Gasteiger partial charge on any atom is 0.0768 e. The van der Waals surface area contributed by atoms with E-state index in [1.54, 1.807) is 0 Å². The Hall–Kier alpha value is -0.120. The summed E-state index contributed by atoms with van der Waals surface area (Å²) in [6.07, 6.45) is 8.48. The molecule has 2 heterocycles. The molecule has 0 aromatic heterocycles. The maximum atomic E-state index is 10.5. The standard InChI is InChI=1S/C16H32N2O/c1-3-16(19,4-2)14-17-10-7-8-15(9-13-17)18-11-5-6-12-18/h15,19H,3-14H2,1-2H3. The fourth-order valence-corrected chi connectivity index (χ4v) is 3.66. The predicted octanol–water partition coefficient (Wildman–Crippen LogP) is 2.49. The van der Waals surface area contributed by atoms with Crippen LogP contribution in [0.1, 0.15) is 58.8 Å². The summed E-state index contributed by atoms with van der Waals surface area (Å²) in [5.41, 5.74) is -0.465. The molecule has 1 atom stereocenters. The van der Waals surface area contributed by atoms with E-state index < -0.39 is 5.60 Å². The van der Waals surface area contributed by atoms with Crippen molar-refractivity contribution >= 4 is 0 Å². The molecule has 0 saturated carbocycles. The molecule has 2 aliphatic rings. The van der Waals surface area contributed by atoms with E-state index in [0.717, 1.165) is 25.4 Å². The van der Waals surface area contributed by atoms with Crippen molar-refractivity contribution in [2.24, 2.45) is 0 Å². The molecule has 0 spiro atoms. The number of β-amino-alcohol motifs (C(OH)–C–C–N with tert-alkyl or cyclic N) is 1. The van der Waals surface area contributed by atoms with E-state index in [4.69, 9.17) is 0 Å². The van der Waals surface area contributed by atoms with E-state index >= 15 is 0 Å². The third-order valence-corrected chi connectivity index (χ3v) is 5.28. The third kappa shape index (κ3) is 4.17. The molecule has 0 aromatic carbocycles. The molecule has 2 aliphatic heterocycles. The van der Waals surface area contributed by atoms with Gasteiger partial charge in [0.15, 0.2) is 0 Å². The van der Waals surface area contributed by atoms with Crippen molar-refractivity contribution in [1.82, 2.24) is 9.80 Å². The fraction of sp³-hybridized carbons (Fsp3) is 1.00. The minimum absolute atomic E-state index is 0.465. The topological polar surface area (TPSA) is 26.7 Å². The Morgan fingerprint density at radius 2 is 1.63 bits per heavy atom. The zero-order chi connectivity index (χ0) is 13.7. The van der Waals surface area contributed by atoms with Gasteiger partial charge in [0, 0.05) is 12.6 Å². The van der Waals surface area contributed by atoms with Gasteiger partial charge in [-0.1, -0.05) is 13.8 Å². The summed E-state index contributed by atoms with van der Waals surface area (Å²) in [5.74, 6) is 0. The SMILES string of the molecule is CCC(O)(CC)CN1CCCC(N2CCCC2)CC1.